The minimum absolute atomic E-state index is 0.509. The Bertz CT molecular complexity index is 645. The van der Waals surface area contributed by atoms with Crippen molar-refractivity contribution in [3.05, 3.63) is 40.4 Å². The van der Waals surface area contributed by atoms with E-state index in [0.717, 1.165) is 36.4 Å². The van der Waals surface area contributed by atoms with Crippen molar-refractivity contribution in [1.29, 1.82) is 0 Å². The molecule has 5 nitrogen and oxygen atoms in total. The lowest BCUT2D eigenvalue weighted by Crippen LogP contribution is -1.99. The molecule has 0 radical (unpaired) electrons. The second kappa shape index (κ2) is 7.00. The molecule has 106 valence electrons. The highest BCUT2D eigenvalue weighted by Crippen LogP contribution is 2.11. The van der Waals surface area contributed by atoms with Crippen molar-refractivity contribution >= 4 is 18.4 Å². The first-order valence-electron chi connectivity index (χ1n) is 6.59. The lowest BCUT2D eigenvalue weighted by molar-refractivity contribution is 0.414. The molecule has 0 amide bonds. The van der Waals surface area contributed by atoms with Crippen LogP contribution in [0.1, 0.15) is 31.2 Å². The van der Waals surface area contributed by atoms with Crippen LogP contribution in [0.2, 0.25) is 0 Å². The van der Waals surface area contributed by atoms with Crippen LogP contribution in [0.15, 0.2) is 29.4 Å². The van der Waals surface area contributed by atoms with E-state index in [9.17, 15) is 0 Å². The molecule has 0 aliphatic heterocycles. The summed E-state index contributed by atoms with van der Waals surface area (Å²) in [6.45, 7) is 2.14. The van der Waals surface area contributed by atoms with E-state index in [1.54, 1.807) is 18.0 Å². The van der Waals surface area contributed by atoms with Gasteiger partial charge in [-0.2, -0.15) is 14.9 Å². The first-order valence-corrected chi connectivity index (χ1v) is 7.00. The monoisotopic (exact) mass is 290 g/mol. The van der Waals surface area contributed by atoms with Crippen molar-refractivity contribution < 1.29 is 4.74 Å². The van der Waals surface area contributed by atoms with E-state index in [1.807, 2.05) is 24.3 Å². The van der Waals surface area contributed by atoms with Crippen LogP contribution in [-0.2, 0) is 6.42 Å². The molecule has 6 heteroatoms. The summed E-state index contributed by atoms with van der Waals surface area (Å²) < 4.78 is 7.37. The van der Waals surface area contributed by atoms with Gasteiger partial charge in [0.25, 0.3) is 0 Å². The van der Waals surface area contributed by atoms with Crippen LogP contribution in [0.4, 0.5) is 0 Å². The first-order chi connectivity index (χ1) is 9.74. The molecular formula is C14H18N4OS. The Morgan fingerprint density at radius 3 is 3.10 bits per heavy atom. The lowest BCUT2D eigenvalue weighted by atomic mass is 10.2. The smallest absolute Gasteiger partial charge is 0.216 e. The van der Waals surface area contributed by atoms with Gasteiger partial charge in [0.1, 0.15) is 5.75 Å². The van der Waals surface area contributed by atoms with Gasteiger partial charge in [0.2, 0.25) is 4.77 Å². The molecule has 1 N–H and O–H groups in total. The van der Waals surface area contributed by atoms with Gasteiger partial charge in [0, 0.05) is 6.42 Å². The quantitative estimate of drug-likeness (QED) is 0.656. The van der Waals surface area contributed by atoms with Crippen LogP contribution in [0.25, 0.3) is 0 Å². The van der Waals surface area contributed by atoms with Crippen molar-refractivity contribution in [2.24, 2.45) is 5.10 Å². The van der Waals surface area contributed by atoms with Crippen molar-refractivity contribution in [3.8, 4) is 5.75 Å². The number of aromatic nitrogens is 3. The summed E-state index contributed by atoms with van der Waals surface area (Å²) in [7, 11) is 1.64. The normalized spacial score (nSPS) is 11.1. The van der Waals surface area contributed by atoms with Crippen LogP contribution < -0.4 is 4.74 Å². The maximum absolute atomic E-state index is 5.19. The van der Waals surface area contributed by atoms with Gasteiger partial charge in [-0.3, -0.25) is 5.10 Å². The summed E-state index contributed by atoms with van der Waals surface area (Å²) in [5, 5.41) is 11.4. The standard InChI is InChI=1S/C14H18N4OS/c1-3-4-8-13-16-17-14(20)18(13)15-10-11-6-5-7-12(9-11)19-2/h5-7,9-10H,3-4,8H2,1-2H3,(H,17,20)/b15-10+. The van der Waals surface area contributed by atoms with Crippen LogP contribution >= 0.6 is 12.2 Å². The number of methoxy groups -OCH3 is 1. The maximum Gasteiger partial charge on any atom is 0.216 e. The molecule has 2 rings (SSSR count). The Morgan fingerprint density at radius 1 is 1.50 bits per heavy atom. The molecule has 0 aliphatic carbocycles. The molecular weight excluding hydrogens is 272 g/mol. The van der Waals surface area contributed by atoms with Gasteiger partial charge < -0.3 is 4.74 Å². The van der Waals surface area contributed by atoms with Crippen molar-refractivity contribution in [2.45, 2.75) is 26.2 Å². The number of unbranched alkanes of at least 4 members (excludes halogenated alkanes) is 1. The Morgan fingerprint density at radius 2 is 2.35 bits per heavy atom. The molecule has 1 aromatic carbocycles. The van der Waals surface area contributed by atoms with Gasteiger partial charge in [0.05, 0.1) is 13.3 Å². The molecule has 0 saturated carbocycles. The van der Waals surface area contributed by atoms with E-state index in [-0.39, 0.29) is 0 Å². The number of rotatable bonds is 6. The van der Waals surface area contributed by atoms with Crippen LogP contribution in [-0.4, -0.2) is 28.2 Å². The third-order valence-electron chi connectivity index (χ3n) is 2.89. The number of hydrogen-bond donors (Lipinski definition) is 1. The highest BCUT2D eigenvalue weighted by Gasteiger charge is 2.03. The molecule has 1 heterocycles. The molecule has 0 unspecified atom stereocenters. The molecule has 2 aromatic rings. The fraction of sp³-hybridized carbons (Fsp3) is 0.357. The average molecular weight is 290 g/mol. The van der Waals surface area contributed by atoms with Gasteiger partial charge >= 0.3 is 0 Å². The zero-order chi connectivity index (χ0) is 14.4. The van der Waals surface area contributed by atoms with E-state index in [1.165, 1.54) is 0 Å². The predicted molar refractivity (Wildman–Crippen MR) is 82.0 cm³/mol. The molecule has 0 bridgehead atoms. The second-order valence-electron chi connectivity index (χ2n) is 4.38. The largest absolute Gasteiger partial charge is 0.497 e. The molecule has 0 saturated heterocycles. The molecule has 0 fully saturated rings. The molecule has 1 aromatic heterocycles. The Hall–Kier alpha value is -1.95. The lowest BCUT2D eigenvalue weighted by Gasteiger charge is -2.01. The summed E-state index contributed by atoms with van der Waals surface area (Å²) in [6, 6.07) is 7.70. The number of nitrogens with one attached hydrogen (secondary N) is 1. The topological polar surface area (TPSA) is 55.2 Å². The SMILES string of the molecule is CCCCc1n[nH]c(=S)n1/N=C/c1cccc(OC)c1. The van der Waals surface area contributed by atoms with E-state index in [2.05, 4.69) is 22.2 Å². The third kappa shape index (κ3) is 3.54. The Kier molecular flexibility index (Phi) is 5.06. The zero-order valence-corrected chi connectivity index (χ0v) is 12.5. The number of nitrogens with zero attached hydrogens (tertiary/aromatic N) is 3. The first kappa shape index (κ1) is 14.5. The van der Waals surface area contributed by atoms with E-state index in [0.29, 0.717) is 4.77 Å². The van der Waals surface area contributed by atoms with Crippen molar-refractivity contribution in [2.75, 3.05) is 7.11 Å². The van der Waals surface area contributed by atoms with Gasteiger partial charge in [-0.15, -0.1) is 0 Å². The van der Waals surface area contributed by atoms with Crippen molar-refractivity contribution in [3.63, 3.8) is 0 Å². The van der Waals surface area contributed by atoms with Crippen molar-refractivity contribution in [1.82, 2.24) is 14.9 Å². The third-order valence-corrected chi connectivity index (χ3v) is 3.15. The highest BCUT2D eigenvalue weighted by molar-refractivity contribution is 7.71. The number of aryl methyl sites for hydroxylation is 1. The van der Waals surface area contributed by atoms with Crippen LogP contribution in [0.3, 0.4) is 0 Å². The highest BCUT2D eigenvalue weighted by atomic mass is 32.1. The van der Waals surface area contributed by atoms with Gasteiger partial charge in [0.15, 0.2) is 5.82 Å². The molecule has 0 atom stereocenters. The minimum Gasteiger partial charge on any atom is -0.497 e. The second-order valence-corrected chi connectivity index (χ2v) is 4.77. The van der Waals surface area contributed by atoms with Gasteiger partial charge in [-0.25, -0.2) is 0 Å². The summed E-state index contributed by atoms with van der Waals surface area (Å²) in [4.78, 5) is 0. The van der Waals surface area contributed by atoms with Gasteiger partial charge in [-0.05, 0) is 36.3 Å². The Labute approximate surface area is 123 Å². The van der Waals surface area contributed by atoms with E-state index in [4.69, 9.17) is 17.0 Å². The number of aromatic amines is 1. The number of hydrogen-bond acceptors (Lipinski definition) is 4. The molecule has 0 spiro atoms. The maximum atomic E-state index is 5.19. The van der Waals surface area contributed by atoms with Crippen LogP contribution in [0, 0.1) is 4.77 Å². The fourth-order valence-electron chi connectivity index (χ4n) is 1.79. The van der Waals surface area contributed by atoms with Crippen LogP contribution in [0.5, 0.6) is 5.75 Å². The van der Waals surface area contributed by atoms with Gasteiger partial charge in [-0.1, -0.05) is 25.5 Å². The van der Waals surface area contributed by atoms with E-state index < -0.39 is 0 Å². The fourth-order valence-corrected chi connectivity index (χ4v) is 1.98. The molecule has 20 heavy (non-hydrogen) atoms. The predicted octanol–water partition coefficient (Wildman–Crippen LogP) is 3.17. The average Bonchev–Trinajstić information content (AvgIpc) is 2.83. The molecule has 0 aliphatic rings. The summed E-state index contributed by atoms with van der Waals surface area (Å²) in [5.41, 5.74) is 0.953. The number of benzene rings is 1. The zero-order valence-electron chi connectivity index (χ0n) is 11.7. The minimum atomic E-state index is 0.509. The Balaban J connectivity index is 2.22. The number of H-pyrrole nitrogens is 1. The summed E-state index contributed by atoms with van der Waals surface area (Å²) in [6.07, 6.45) is 4.79. The number of ether oxygens (including phenoxy) is 1. The summed E-state index contributed by atoms with van der Waals surface area (Å²) in [5.74, 6) is 1.66. The summed E-state index contributed by atoms with van der Waals surface area (Å²) >= 11 is 5.19. The van der Waals surface area contributed by atoms with E-state index >= 15 is 0 Å².